The molecule has 0 radical (unpaired) electrons. The number of halogens is 2. The first-order chi connectivity index (χ1) is 13.1. The summed E-state index contributed by atoms with van der Waals surface area (Å²) >= 11 is 5.95. The van der Waals surface area contributed by atoms with E-state index in [-0.39, 0.29) is 10.9 Å². The van der Waals surface area contributed by atoms with Gasteiger partial charge in [-0.1, -0.05) is 29.8 Å². The first-order valence-corrected chi connectivity index (χ1v) is 9.58. The van der Waals surface area contributed by atoms with Crippen molar-refractivity contribution in [3.63, 3.8) is 0 Å². The van der Waals surface area contributed by atoms with E-state index in [4.69, 9.17) is 16.3 Å². The van der Waals surface area contributed by atoms with E-state index in [0.29, 0.717) is 18.8 Å². The van der Waals surface area contributed by atoms with Crippen molar-refractivity contribution in [1.82, 2.24) is 0 Å². The first kappa shape index (κ1) is 19.6. The molecule has 0 bridgehead atoms. The van der Waals surface area contributed by atoms with Crippen LogP contribution in [0.25, 0.3) is 0 Å². The van der Waals surface area contributed by atoms with Crippen LogP contribution < -0.4 is 19.9 Å². The highest BCUT2D eigenvalue weighted by atomic mass is 35.5. The van der Waals surface area contributed by atoms with Crippen molar-refractivity contribution in [1.29, 1.82) is 0 Å². The zero-order chi connectivity index (χ0) is 19.1. The quantitative estimate of drug-likeness (QED) is 0.633. The number of rotatable bonds is 7. The topological polar surface area (TPSA) is 47.2 Å². The molecule has 1 heterocycles. The maximum absolute atomic E-state index is 13.1. The van der Waals surface area contributed by atoms with E-state index in [0.717, 1.165) is 38.5 Å². The van der Waals surface area contributed by atoms with Gasteiger partial charge in [0.15, 0.2) is 6.54 Å². The molecule has 0 spiro atoms. The number of carbonyl (C=O) groups is 1. The molecule has 0 saturated carbocycles. The number of hydrogen-bond acceptors (Lipinski definition) is 2. The van der Waals surface area contributed by atoms with E-state index in [2.05, 4.69) is 5.32 Å². The van der Waals surface area contributed by atoms with Gasteiger partial charge in [-0.2, -0.15) is 0 Å². The number of hydrogen-bond donors (Lipinski definition) is 3. The van der Waals surface area contributed by atoms with Crippen molar-refractivity contribution < 1.29 is 23.7 Å². The summed E-state index contributed by atoms with van der Waals surface area (Å²) in [5, 5.41) is 2.98. The van der Waals surface area contributed by atoms with Gasteiger partial charge in [-0.15, -0.1) is 0 Å². The fourth-order valence-electron chi connectivity index (χ4n) is 3.23. The Morgan fingerprint density at radius 2 is 1.78 bits per heavy atom. The van der Waals surface area contributed by atoms with Gasteiger partial charge in [0.2, 0.25) is 0 Å². The summed E-state index contributed by atoms with van der Waals surface area (Å²) in [5.41, 5.74) is 0.449. The Balaban J connectivity index is 1.35. The van der Waals surface area contributed by atoms with Gasteiger partial charge in [0, 0.05) is 0 Å². The molecule has 2 aromatic carbocycles. The molecule has 5 nitrogen and oxygen atoms in total. The monoisotopic (exact) mass is 393 g/mol. The number of para-hydroxylation sites is 1. The molecule has 1 saturated heterocycles. The number of quaternary nitrogens is 2. The highest BCUT2D eigenvalue weighted by molar-refractivity contribution is 6.33. The number of benzene rings is 2. The normalized spacial score (nSPS) is 19.5. The Bertz CT molecular complexity index is 752. The first-order valence-electron chi connectivity index (χ1n) is 9.20. The van der Waals surface area contributed by atoms with E-state index in [9.17, 15) is 9.18 Å². The smallest absolute Gasteiger partial charge is 0.279 e. The SMILES string of the molecule is O=C(C[NH+]1CC[NH+](CCOc2ccccc2)CC1)Nc1ccc(F)cc1Cl. The Morgan fingerprint density at radius 1 is 1.07 bits per heavy atom. The minimum atomic E-state index is -0.418. The van der Waals surface area contributed by atoms with E-state index < -0.39 is 5.82 Å². The second-order valence-electron chi connectivity index (χ2n) is 6.76. The summed E-state index contributed by atoms with van der Waals surface area (Å²) in [6, 6.07) is 13.8. The third kappa shape index (κ3) is 6.20. The van der Waals surface area contributed by atoms with Crippen LogP contribution in [0.3, 0.4) is 0 Å². The number of carbonyl (C=O) groups excluding carboxylic acids is 1. The van der Waals surface area contributed by atoms with Crippen LogP contribution in [0, 0.1) is 5.82 Å². The fraction of sp³-hybridized carbons (Fsp3) is 0.350. The van der Waals surface area contributed by atoms with E-state index in [1.807, 2.05) is 30.3 Å². The molecule has 3 rings (SSSR count). The van der Waals surface area contributed by atoms with Gasteiger partial charge in [-0.3, -0.25) is 4.79 Å². The van der Waals surface area contributed by atoms with Crippen molar-refractivity contribution in [2.24, 2.45) is 0 Å². The number of amides is 1. The number of nitrogens with one attached hydrogen (secondary N) is 3. The summed E-state index contributed by atoms with van der Waals surface area (Å²) < 4.78 is 18.8. The van der Waals surface area contributed by atoms with Crippen LogP contribution in [0.5, 0.6) is 5.75 Å². The predicted octanol–water partition coefficient (Wildman–Crippen LogP) is 0.280. The lowest BCUT2D eigenvalue weighted by atomic mass is 10.3. The van der Waals surface area contributed by atoms with Gasteiger partial charge < -0.3 is 19.9 Å². The molecule has 3 N–H and O–H groups in total. The van der Waals surface area contributed by atoms with Gasteiger partial charge in [-0.05, 0) is 30.3 Å². The molecule has 1 fully saturated rings. The third-order valence-electron chi connectivity index (χ3n) is 4.75. The molecule has 0 aliphatic carbocycles. The van der Waals surface area contributed by atoms with Crippen molar-refractivity contribution in [3.8, 4) is 5.75 Å². The van der Waals surface area contributed by atoms with Crippen LogP contribution in [0.1, 0.15) is 0 Å². The highest BCUT2D eigenvalue weighted by Gasteiger charge is 2.24. The van der Waals surface area contributed by atoms with Crippen LogP contribution in [-0.2, 0) is 4.79 Å². The minimum absolute atomic E-state index is 0.102. The lowest BCUT2D eigenvalue weighted by Crippen LogP contribution is -3.28. The van der Waals surface area contributed by atoms with Crippen LogP contribution in [0.2, 0.25) is 5.02 Å². The van der Waals surface area contributed by atoms with E-state index in [1.54, 1.807) is 0 Å². The average Bonchev–Trinajstić information content (AvgIpc) is 2.66. The second kappa shape index (κ2) is 9.69. The zero-order valence-electron chi connectivity index (χ0n) is 15.1. The molecule has 27 heavy (non-hydrogen) atoms. The molecule has 0 unspecified atom stereocenters. The molecule has 1 aliphatic rings. The summed E-state index contributed by atoms with van der Waals surface area (Å²) in [4.78, 5) is 15.0. The molecule has 0 atom stereocenters. The largest absolute Gasteiger partial charge is 0.488 e. The number of ether oxygens (including phenoxy) is 1. The molecule has 7 heteroatoms. The number of anilines is 1. The standard InChI is InChI=1S/C20H23ClFN3O2/c21-18-14-16(22)6-7-19(18)23-20(26)15-25-10-8-24(9-11-25)12-13-27-17-4-2-1-3-5-17/h1-7,14H,8-13,15H2,(H,23,26)/p+2. The Kier molecular flexibility index (Phi) is 7.04. The second-order valence-corrected chi connectivity index (χ2v) is 7.17. The molecule has 2 aromatic rings. The van der Waals surface area contributed by atoms with Gasteiger partial charge in [0.1, 0.15) is 50.9 Å². The molecule has 144 valence electrons. The lowest BCUT2D eigenvalue weighted by molar-refractivity contribution is -1.01. The van der Waals surface area contributed by atoms with Crippen LogP contribution >= 0.6 is 11.6 Å². The van der Waals surface area contributed by atoms with Crippen molar-refractivity contribution in [2.45, 2.75) is 0 Å². The average molecular weight is 394 g/mol. The highest BCUT2D eigenvalue weighted by Crippen LogP contribution is 2.21. The Labute approximate surface area is 163 Å². The van der Waals surface area contributed by atoms with Gasteiger partial charge in [0.25, 0.3) is 5.91 Å². The van der Waals surface area contributed by atoms with Gasteiger partial charge in [-0.25, -0.2) is 4.39 Å². The van der Waals surface area contributed by atoms with Crippen molar-refractivity contribution in [2.75, 3.05) is 51.2 Å². The van der Waals surface area contributed by atoms with E-state index in [1.165, 1.54) is 28.0 Å². The zero-order valence-corrected chi connectivity index (χ0v) is 15.9. The van der Waals surface area contributed by atoms with Crippen molar-refractivity contribution >= 4 is 23.2 Å². The maximum Gasteiger partial charge on any atom is 0.279 e. The van der Waals surface area contributed by atoms with Crippen molar-refractivity contribution in [3.05, 3.63) is 59.4 Å². The van der Waals surface area contributed by atoms with Crippen LogP contribution in [0.15, 0.2) is 48.5 Å². The van der Waals surface area contributed by atoms with Crippen LogP contribution in [-0.4, -0.2) is 51.8 Å². The van der Waals surface area contributed by atoms with Crippen LogP contribution in [0.4, 0.5) is 10.1 Å². The summed E-state index contributed by atoms with van der Waals surface area (Å²) in [7, 11) is 0. The summed E-state index contributed by atoms with van der Waals surface area (Å²) in [6.45, 7) is 5.94. The van der Waals surface area contributed by atoms with Gasteiger partial charge >= 0.3 is 0 Å². The minimum Gasteiger partial charge on any atom is -0.488 e. The summed E-state index contributed by atoms with van der Waals surface area (Å²) in [5.74, 6) is 0.380. The predicted molar refractivity (Wildman–Crippen MR) is 103 cm³/mol. The maximum atomic E-state index is 13.1. The molecule has 0 aromatic heterocycles. The van der Waals surface area contributed by atoms with Gasteiger partial charge in [0.05, 0.1) is 10.7 Å². The fourth-order valence-corrected chi connectivity index (χ4v) is 3.44. The lowest BCUT2D eigenvalue weighted by Gasteiger charge is -2.29. The Hall–Kier alpha value is -2.15. The number of piperazine rings is 1. The summed E-state index contributed by atoms with van der Waals surface area (Å²) in [6.07, 6.45) is 0. The Morgan fingerprint density at radius 3 is 2.48 bits per heavy atom. The van der Waals surface area contributed by atoms with E-state index >= 15 is 0 Å². The molecule has 1 aliphatic heterocycles. The molecular weight excluding hydrogens is 369 g/mol. The third-order valence-corrected chi connectivity index (χ3v) is 5.06. The molecule has 1 amide bonds. The molecular formula is C20H25ClFN3O2+2.